The van der Waals surface area contributed by atoms with Gasteiger partial charge in [0, 0.05) is 61.3 Å². The molecule has 0 aliphatic carbocycles. The summed E-state index contributed by atoms with van der Waals surface area (Å²) in [6.45, 7) is 15.1. The zero-order valence-electron chi connectivity index (χ0n) is 62.4. The Hall–Kier alpha value is -8.72. The van der Waals surface area contributed by atoms with Crippen LogP contribution in [0.4, 0.5) is 11.4 Å². The van der Waals surface area contributed by atoms with Crippen molar-refractivity contribution in [2.45, 2.75) is 254 Å². The third kappa shape index (κ3) is 16.3. The van der Waals surface area contributed by atoms with Crippen LogP contribution in [0.2, 0.25) is 0 Å². The molecule has 36 nitrogen and oxygen atoms in total. The van der Waals surface area contributed by atoms with Crippen LogP contribution in [0.3, 0.4) is 0 Å². The highest BCUT2D eigenvalue weighted by Crippen LogP contribution is 2.53. The van der Waals surface area contributed by atoms with E-state index in [1.165, 1.54) is 13.8 Å². The maximum Gasteiger partial charge on any atom is 0.329 e. The lowest BCUT2D eigenvalue weighted by Crippen LogP contribution is -2.67. The Morgan fingerprint density at radius 1 is 0.444 bits per heavy atom. The van der Waals surface area contributed by atoms with Crippen LogP contribution in [0.25, 0.3) is 11.1 Å². The second-order valence-electron chi connectivity index (χ2n) is 31.2. The standard InChI is InChI=1S/C72H106N16O20/c1-31(2)51-67(103)107-55(33(5)6)65(101)87-47(25-39(91)29-75-87)59(95)77-45(15-11-13-21-73)57(93)83-53(35(9)89)63(99)85-49(61(97)81-51)27-71(105)41-23-37(17-19-43(41)79-69(71)85)38-18-20-44-42(24-38)72(106)28-50-62(98)82-52(32(3)4)68(104)108-56(34(7)8)66(102)88-48(26-40(92)30-76-88)60(96)78-46(16-12-14-22-74)58(94)84-54(36(10)90)64(100)86(50)70(72)80-44/h17-20,23-24,31-36,39-40,45-56,69-70,75-76,79-80,89-92,105-106H,11-16,21-22,25-30,73-74H2,1-10H3,(H,77,95)(H,78,96)(H,81,97)(H,82,98)(H,83,93)(H,84,94)/t35-,36-,39+,40+,45-,46-,47+,48+,49-,50-,51+,52?,53+,54+,55?,56?,69-,70-,71+,72+/m0/s1. The highest BCUT2D eigenvalue weighted by Gasteiger charge is 2.64. The Morgan fingerprint density at radius 2 is 0.787 bits per heavy atom. The van der Waals surface area contributed by atoms with Gasteiger partial charge in [-0.3, -0.25) is 58.0 Å². The number of aliphatic hydroxyl groups excluding tert-OH is 4. The number of fused-ring (bicyclic) bond motifs is 12. The molecule has 8 heterocycles. The summed E-state index contributed by atoms with van der Waals surface area (Å²) in [6.07, 6.45) is -12.7. The molecule has 8 aliphatic heterocycles. The van der Waals surface area contributed by atoms with Crippen molar-refractivity contribution < 1.29 is 97.6 Å². The van der Waals surface area contributed by atoms with E-state index in [4.69, 9.17) is 20.9 Å². The number of hydrogen-bond donors (Lipinski definition) is 18. The summed E-state index contributed by atoms with van der Waals surface area (Å²) in [4.78, 5) is 180. The molecule has 36 heteroatoms. The van der Waals surface area contributed by atoms with Gasteiger partial charge in [-0.2, -0.15) is 0 Å². The first-order valence-corrected chi connectivity index (χ1v) is 37.4. The van der Waals surface area contributed by atoms with Crippen LogP contribution in [0.1, 0.15) is 145 Å². The van der Waals surface area contributed by atoms with Gasteiger partial charge in [0.2, 0.25) is 47.3 Å². The lowest BCUT2D eigenvalue weighted by Gasteiger charge is -2.40. The summed E-state index contributed by atoms with van der Waals surface area (Å²) >= 11 is 0. The van der Waals surface area contributed by atoms with E-state index in [2.05, 4.69) is 53.4 Å². The Morgan fingerprint density at radius 3 is 1.11 bits per heavy atom. The molecular weight excluding hydrogens is 1410 g/mol. The molecule has 2 aromatic rings. The second-order valence-corrected chi connectivity index (χ2v) is 31.2. The molecular formula is C72H106N16O20. The van der Waals surface area contributed by atoms with Crippen molar-refractivity contribution in [1.82, 2.24) is 62.6 Å². The van der Waals surface area contributed by atoms with Gasteiger partial charge < -0.3 is 104 Å². The molecule has 0 radical (unpaired) electrons. The average Bonchev–Trinajstić information content (AvgIpc) is 1.55. The number of carbonyl (C=O) groups excluding carboxylic acids is 12. The van der Waals surface area contributed by atoms with Crippen molar-refractivity contribution in [1.29, 1.82) is 0 Å². The predicted molar refractivity (Wildman–Crippen MR) is 383 cm³/mol. The average molecular weight is 1520 g/mol. The fraction of sp³-hybridized carbons (Fsp3) is 0.667. The van der Waals surface area contributed by atoms with Crippen molar-refractivity contribution in [2.75, 3.05) is 36.8 Å². The van der Waals surface area contributed by atoms with Crippen LogP contribution in [0.15, 0.2) is 36.4 Å². The number of cyclic esters (lactones) is 2. The zero-order valence-corrected chi connectivity index (χ0v) is 62.4. The molecule has 2 aromatic carbocycles. The van der Waals surface area contributed by atoms with Gasteiger partial charge in [-0.05, 0) is 125 Å². The molecule has 108 heavy (non-hydrogen) atoms. The number of amides is 10. The van der Waals surface area contributed by atoms with Crippen molar-refractivity contribution >= 4 is 82.4 Å². The van der Waals surface area contributed by atoms with E-state index < -0.39 is 228 Å². The van der Waals surface area contributed by atoms with E-state index >= 15 is 19.2 Å². The Labute approximate surface area is 624 Å². The predicted octanol–water partition coefficient (Wildman–Crippen LogP) is -4.23. The summed E-state index contributed by atoms with van der Waals surface area (Å²) in [5, 5.41) is 95.6. The highest BCUT2D eigenvalue weighted by atomic mass is 16.6. The highest BCUT2D eigenvalue weighted by molar-refractivity contribution is 6.01. The third-order valence-corrected chi connectivity index (χ3v) is 21.7. The smallest absolute Gasteiger partial charge is 0.329 e. The van der Waals surface area contributed by atoms with Crippen LogP contribution in [0, 0.1) is 23.7 Å². The number of esters is 2. The summed E-state index contributed by atoms with van der Waals surface area (Å²) in [5.41, 5.74) is 14.2. The summed E-state index contributed by atoms with van der Waals surface area (Å²) in [6, 6.07) is -6.51. The molecule has 0 bridgehead atoms. The van der Waals surface area contributed by atoms with Crippen LogP contribution in [-0.2, 0) is 78.2 Å². The van der Waals surface area contributed by atoms with Gasteiger partial charge in [0.05, 0.1) is 24.4 Å². The normalized spacial score (nSPS) is 33.2. The maximum atomic E-state index is 15.6. The zero-order chi connectivity index (χ0) is 79.0. The van der Waals surface area contributed by atoms with Crippen LogP contribution in [0.5, 0.6) is 0 Å². The van der Waals surface area contributed by atoms with Crippen LogP contribution < -0.4 is 64.9 Å². The number of nitrogens with one attached hydrogen (secondary N) is 10. The van der Waals surface area contributed by atoms with Crippen molar-refractivity contribution in [2.24, 2.45) is 35.1 Å². The van der Waals surface area contributed by atoms with E-state index in [1.807, 2.05) is 0 Å². The SMILES string of the molecule is CC(C)C1NC(=O)[C@@H]2C[C@@]3(O)c4cc(-c5ccc6c(c5)[C@]5(O)C[C@H]7C(=O)N[C@H](C(C)C)C(=O)OC(C(C)C)C(=O)N8NC[C@H](O)C[C@@H]8C(=O)N[C@@H](CCCCN)C(=O)N[C@H]([C@H](C)O)C(=O)N7[C@@H]5N6)ccc4N[C@H]3N2C(=O)[C@@H]([C@H](C)O)NC(=O)[C@H](CCCCN)NC(=O)[C@H]2C[C@@H](O)CNN2C(=O)C(C(C)C)OC1=O. The number of rotatable bonds is 15. The molecule has 0 spiro atoms. The fourth-order valence-corrected chi connectivity index (χ4v) is 15.6. The summed E-state index contributed by atoms with van der Waals surface area (Å²) < 4.78 is 11.9. The first-order valence-electron chi connectivity index (χ1n) is 37.4. The number of hydrogen-bond acceptors (Lipinski definition) is 26. The van der Waals surface area contributed by atoms with Gasteiger partial charge >= 0.3 is 11.9 Å². The Balaban J connectivity index is 1.01. The monoisotopic (exact) mass is 1510 g/mol. The molecule has 20 atom stereocenters. The minimum Gasteiger partial charge on any atom is -0.450 e. The number of ether oxygens (including phenoxy) is 2. The summed E-state index contributed by atoms with van der Waals surface area (Å²) in [5.74, 6) is -14.8. The first kappa shape index (κ1) is 81.8. The molecule has 10 amide bonds. The van der Waals surface area contributed by atoms with Crippen molar-refractivity contribution in [3.05, 3.63) is 47.5 Å². The van der Waals surface area contributed by atoms with Gasteiger partial charge in [0.1, 0.15) is 84.0 Å². The minimum absolute atomic E-state index is 0.0659. The van der Waals surface area contributed by atoms with Crippen molar-refractivity contribution in [3.8, 4) is 11.1 Å². The molecule has 20 N–H and O–H groups in total. The van der Waals surface area contributed by atoms with E-state index in [1.54, 1.807) is 91.8 Å². The number of β-amino-alcohol motifs (C(OH)–C–C–N with tert-alkyl or cyclic N) is 2. The molecule has 594 valence electrons. The fourth-order valence-electron chi connectivity index (χ4n) is 15.6. The first-order chi connectivity index (χ1) is 51.0. The maximum absolute atomic E-state index is 15.6. The van der Waals surface area contributed by atoms with Crippen LogP contribution >= 0.6 is 0 Å². The molecule has 6 fully saturated rings. The summed E-state index contributed by atoms with van der Waals surface area (Å²) in [7, 11) is 0. The van der Waals surface area contributed by atoms with E-state index in [0.29, 0.717) is 24.0 Å². The molecule has 6 saturated heterocycles. The number of carbonyl (C=O) groups is 12. The van der Waals surface area contributed by atoms with Crippen LogP contribution in [-0.4, -0.2) is 257 Å². The number of nitrogens with two attached hydrogens (primary N) is 2. The van der Waals surface area contributed by atoms with Gasteiger partial charge in [-0.25, -0.2) is 20.4 Å². The lowest BCUT2D eigenvalue weighted by molar-refractivity contribution is -0.172. The number of aliphatic hydroxyl groups is 6. The van der Waals surface area contributed by atoms with Gasteiger partial charge in [0.15, 0.2) is 12.2 Å². The van der Waals surface area contributed by atoms with Gasteiger partial charge in [-0.1, -0.05) is 67.5 Å². The molecule has 0 aromatic heterocycles. The number of hydrazine groups is 2. The third-order valence-electron chi connectivity index (χ3n) is 21.7. The number of nitrogens with zero attached hydrogens (tertiary/aromatic N) is 4. The topological polar surface area (TPSA) is 530 Å². The van der Waals surface area contributed by atoms with Gasteiger partial charge in [-0.15, -0.1) is 0 Å². The Kier molecular flexibility index (Phi) is 25.2. The number of benzene rings is 2. The largest absolute Gasteiger partial charge is 0.450 e. The minimum atomic E-state index is -2.22. The number of unbranched alkanes of at least 4 members (excludes halogenated alkanes) is 2. The molecule has 0 saturated carbocycles. The number of anilines is 2. The van der Waals surface area contributed by atoms with E-state index in [9.17, 15) is 69.0 Å². The van der Waals surface area contributed by atoms with Crippen molar-refractivity contribution in [3.63, 3.8) is 0 Å². The quantitative estimate of drug-likeness (QED) is 0.0593. The second kappa shape index (κ2) is 33.2. The van der Waals surface area contributed by atoms with Gasteiger partial charge in [0.25, 0.3) is 11.8 Å². The Bertz CT molecular complexity index is 3550. The molecule has 3 unspecified atom stereocenters. The lowest BCUT2D eigenvalue weighted by atomic mass is 9.86. The van der Waals surface area contributed by atoms with E-state index in [0.717, 1.165) is 19.8 Å². The van der Waals surface area contributed by atoms with E-state index in [-0.39, 0.29) is 87.2 Å². The molecule has 10 rings (SSSR count). The molecule has 8 aliphatic rings.